The van der Waals surface area contributed by atoms with Crippen LogP contribution in [0.4, 0.5) is 11.6 Å². The normalized spacial score (nSPS) is 10.6. The molecule has 0 fully saturated rings. The van der Waals surface area contributed by atoms with Crippen LogP contribution in [0, 0.1) is 0 Å². The molecule has 4 aromatic rings. The van der Waals surface area contributed by atoms with Gasteiger partial charge in [0, 0.05) is 12.1 Å². The average molecular weight is 366 g/mol. The molecule has 3 aromatic carbocycles. The molecule has 4 rings (SSSR count). The molecule has 0 saturated carbocycles. The molecular weight excluding hydrogens is 344 g/mol. The lowest BCUT2D eigenvalue weighted by Crippen LogP contribution is -2.07. The van der Waals surface area contributed by atoms with Crippen molar-refractivity contribution in [1.29, 1.82) is 0 Å². The van der Waals surface area contributed by atoms with Crippen LogP contribution in [0.15, 0.2) is 91.5 Å². The maximum atomic E-state index is 4.76. The topological polar surface area (TPSA) is 42.7 Å². The summed E-state index contributed by atoms with van der Waals surface area (Å²) in [5.74, 6) is 1.54. The molecule has 4 nitrogen and oxygen atoms in total. The van der Waals surface area contributed by atoms with Crippen molar-refractivity contribution >= 4 is 17.7 Å². The first kappa shape index (κ1) is 17.7. The molecule has 1 heterocycles. The van der Waals surface area contributed by atoms with Crippen molar-refractivity contribution in [2.45, 2.75) is 13.0 Å². The highest BCUT2D eigenvalue weighted by Crippen LogP contribution is 2.18. The average Bonchev–Trinajstić information content (AvgIpc) is 3.10. The van der Waals surface area contributed by atoms with E-state index in [1.165, 1.54) is 5.56 Å². The SMILES string of the molecule is C=Cc1ccc(Cn2nc(Cc3ccccc3)nc2Nc2ccccc2)cc1. The van der Waals surface area contributed by atoms with Crippen LogP contribution >= 0.6 is 0 Å². The summed E-state index contributed by atoms with van der Waals surface area (Å²) in [6.07, 6.45) is 2.55. The van der Waals surface area contributed by atoms with Gasteiger partial charge in [-0.15, -0.1) is 0 Å². The molecule has 0 aliphatic heterocycles. The smallest absolute Gasteiger partial charge is 0.226 e. The van der Waals surface area contributed by atoms with Gasteiger partial charge in [0.2, 0.25) is 5.95 Å². The van der Waals surface area contributed by atoms with Crippen LogP contribution in [0.1, 0.15) is 22.5 Å². The summed E-state index contributed by atoms with van der Waals surface area (Å²) in [6, 6.07) is 28.7. The van der Waals surface area contributed by atoms with Crippen LogP contribution in [0.3, 0.4) is 0 Å². The van der Waals surface area contributed by atoms with Crippen LogP contribution in [-0.2, 0) is 13.0 Å². The zero-order valence-corrected chi connectivity index (χ0v) is 15.6. The molecule has 4 heteroatoms. The zero-order valence-electron chi connectivity index (χ0n) is 15.6. The lowest BCUT2D eigenvalue weighted by atomic mass is 10.1. The van der Waals surface area contributed by atoms with Gasteiger partial charge in [-0.05, 0) is 28.8 Å². The van der Waals surface area contributed by atoms with Gasteiger partial charge in [0.05, 0.1) is 6.54 Å². The van der Waals surface area contributed by atoms with Gasteiger partial charge in [0.1, 0.15) is 0 Å². The molecule has 0 bridgehead atoms. The molecule has 0 unspecified atom stereocenters. The van der Waals surface area contributed by atoms with Crippen molar-refractivity contribution < 1.29 is 0 Å². The lowest BCUT2D eigenvalue weighted by Gasteiger charge is -2.08. The van der Waals surface area contributed by atoms with E-state index in [1.807, 2.05) is 59.3 Å². The highest BCUT2D eigenvalue weighted by Gasteiger charge is 2.11. The number of nitrogens with zero attached hydrogens (tertiary/aromatic N) is 3. The monoisotopic (exact) mass is 366 g/mol. The first-order chi connectivity index (χ1) is 13.8. The van der Waals surface area contributed by atoms with Crippen molar-refractivity contribution in [3.8, 4) is 0 Å². The molecular formula is C24H22N4. The van der Waals surface area contributed by atoms with Gasteiger partial charge in [-0.1, -0.05) is 85.5 Å². The van der Waals surface area contributed by atoms with E-state index in [-0.39, 0.29) is 0 Å². The Bertz CT molecular complexity index is 1040. The summed E-state index contributed by atoms with van der Waals surface area (Å²) in [5, 5.41) is 8.16. The quantitative estimate of drug-likeness (QED) is 0.482. The Morgan fingerprint density at radius 1 is 0.821 bits per heavy atom. The summed E-state index contributed by atoms with van der Waals surface area (Å²) in [5.41, 5.74) is 4.46. The highest BCUT2D eigenvalue weighted by molar-refractivity contribution is 5.53. The van der Waals surface area contributed by atoms with Crippen molar-refractivity contribution in [3.63, 3.8) is 0 Å². The second-order valence-electron chi connectivity index (χ2n) is 6.61. The fourth-order valence-electron chi connectivity index (χ4n) is 3.03. The first-order valence-electron chi connectivity index (χ1n) is 9.31. The summed E-state index contributed by atoms with van der Waals surface area (Å²) in [6.45, 7) is 4.46. The predicted octanol–water partition coefficient (Wildman–Crippen LogP) is 5.30. The first-order valence-corrected chi connectivity index (χ1v) is 9.31. The number of anilines is 2. The third kappa shape index (κ3) is 4.35. The van der Waals surface area contributed by atoms with Gasteiger partial charge in [-0.3, -0.25) is 0 Å². The Balaban J connectivity index is 1.62. The Morgan fingerprint density at radius 3 is 2.18 bits per heavy atom. The molecule has 0 saturated heterocycles. The summed E-state index contributed by atoms with van der Waals surface area (Å²) >= 11 is 0. The van der Waals surface area contributed by atoms with Crippen LogP contribution in [-0.4, -0.2) is 14.8 Å². The second kappa shape index (κ2) is 8.35. The summed E-state index contributed by atoms with van der Waals surface area (Å²) < 4.78 is 1.92. The molecule has 1 aromatic heterocycles. The number of nitrogens with one attached hydrogen (secondary N) is 1. The summed E-state index contributed by atoms with van der Waals surface area (Å²) in [7, 11) is 0. The minimum absolute atomic E-state index is 0.647. The Labute approximate surface area is 165 Å². The fourth-order valence-corrected chi connectivity index (χ4v) is 3.03. The van der Waals surface area contributed by atoms with Crippen LogP contribution in [0.5, 0.6) is 0 Å². The summed E-state index contributed by atoms with van der Waals surface area (Å²) in [4.78, 5) is 4.76. The van der Waals surface area contributed by atoms with Crippen LogP contribution < -0.4 is 5.32 Å². The van der Waals surface area contributed by atoms with Crippen molar-refractivity contribution in [3.05, 3.63) is 114 Å². The number of para-hydroxylation sites is 1. The molecule has 0 aliphatic carbocycles. The minimum atomic E-state index is 0.647. The molecule has 138 valence electrons. The van der Waals surface area contributed by atoms with E-state index in [9.17, 15) is 0 Å². The standard InChI is InChI=1S/C24H22N4/c1-2-19-13-15-21(16-14-19)18-28-24(25-22-11-7-4-8-12-22)26-23(27-28)17-20-9-5-3-6-10-20/h2-16H,1,17-18H2,(H,25,26,27). The molecule has 0 aliphatic rings. The maximum Gasteiger partial charge on any atom is 0.226 e. The van der Waals surface area contributed by atoms with Gasteiger partial charge < -0.3 is 5.32 Å². The third-order valence-electron chi connectivity index (χ3n) is 4.50. The molecule has 0 amide bonds. The largest absolute Gasteiger partial charge is 0.324 e. The molecule has 0 radical (unpaired) electrons. The molecule has 0 atom stereocenters. The minimum Gasteiger partial charge on any atom is -0.324 e. The molecule has 1 N–H and O–H groups in total. The third-order valence-corrected chi connectivity index (χ3v) is 4.50. The number of hydrogen-bond donors (Lipinski definition) is 1. The van der Waals surface area contributed by atoms with E-state index in [1.54, 1.807) is 0 Å². The van der Waals surface area contributed by atoms with Gasteiger partial charge in [-0.25, -0.2) is 4.68 Å². The van der Waals surface area contributed by atoms with E-state index < -0.39 is 0 Å². The second-order valence-corrected chi connectivity index (χ2v) is 6.61. The Kier molecular flexibility index (Phi) is 5.29. The zero-order chi connectivity index (χ0) is 19.2. The van der Waals surface area contributed by atoms with Crippen LogP contribution in [0.2, 0.25) is 0 Å². The number of aromatic nitrogens is 3. The van der Waals surface area contributed by atoms with E-state index in [0.717, 1.165) is 28.6 Å². The van der Waals surface area contributed by atoms with Gasteiger partial charge in [0.25, 0.3) is 0 Å². The van der Waals surface area contributed by atoms with E-state index in [2.05, 4.69) is 48.3 Å². The predicted molar refractivity (Wildman–Crippen MR) is 115 cm³/mol. The number of hydrogen-bond acceptors (Lipinski definition) is 3. The number of benzene rings is 3. The highest BCUT2D eigenvalue weighted by atomic mass is 15.4. The van der Waals surface area contributed by atoms with Gasteiger partial charge in [0.15, 0.2) is 5.82 Å². The lowest BCUT2D eigenvalue weighted by molar-refractivity contribution is 0.683. The molecule has 0 spiro atoms. The van der Waals surface area contributed by atoms with E-state index in [4.69, 9.17) is 10.1 Å². The maximum absolute atomic E-state index is 4.76. The van der Waals surface area contributed by atoms with E-state index in [0.29, 0.717) is 13.0 Å². The molecule has 28 heavy (non-hydrogen) atoms. The number of rotatable bonds is 7. The Morgan fingerprint density at radius 2 is 1.50 bits per heavy atom. The van der Waals surface area contributed by atoms with Crippen molar-refractivity contribution in [2.24, 2.45) is 0 Å². The fraction of sp³-hybridized carbons (Fsp3) is 0.0833. The van der Waals surface area contributed by atoms with Crippen LogP contribution in [0.25, 0.3) is 6.08 Å². The van der Waals surface area contributed by atoms with Gasteiger partial charge in [-0.2, -0.15) is 10.1 Å². The Hall–Kier alpha value is -3.66. The van der Waals surface area contributed by atoms with Gasteiger partial charge >= 0.3 is 0 Å². The van der Waals surface area contributed by atoms with Crippen molar-refractivity contribution in [1.82, 2.24) is 14.8 Å². The van der Waals surface area contributed by atoms with Crippen molar-refractivity contribution in [2.75, 3.05) is 5.32 Å². The van der Waals surface area contributed by atoms with E-state index >= 15 is 0 Å².